The number of halogens is 1. The van der Waals surface area contributed by atoms with Crippen molar-refractivity contribution in [3.63, 3.8) is 0 Å². The second kappa shape index (κ2) is 5.18. The Bertz CT molecular complexity index is 615. The topological polar surface area (TPSA) is 75.6 Å². The maximum atomic E-state index is 12.4. The number of nitrogens with one attached hydrogen (secondary N) is 1. The second-order valence-electron chi connectivity index (χ2n) is 5.54. The smallest absolute Gasteiger partial charge is 0.244 e. The molecule has 0 aliphatic heterocycles. The molecular formula is C13H18ClNO4S. The normalized spacial score (nSPS) is 25.1. The van der Waals surface area contributed by atoms with E-state index in [1.165, 1.54) is 25.3 Å². The lowest BCUT2D eigenvalue weighted by molar-refractivity contribution is -0.0645. The number of benzene rings is 1. The Hall–Kier alpha value is -0.820. The number of hydrogen-bond acceptors (Lipinski definition) is 4. The minimum atomic E-state index is -3.72. The van der Waals surface area contributed by atoms with Crippen molar-refractivity contribution in [1.29, 1.82) is 0 Å². The first kappa shape index (κ1) is 15.6. The van der Waals surface area contributed by atoms with Gasteiger partial charge in [0.25, 0.3) is 0 Å². The SMILES string of the molecule is COc1cc(Cl)ccc1S(=O)(=O)NC1CC(O)C1(C)C. The van der Waals surface area contributed by atoms with Crippen LogP contribution >= 0.6 is 11.6 Å². The van der Waals surface area contributed by atoms with Gasteiger partial charge in [0.05, 0.1) is 13.2 Å². The number of aliphatic hydroxyl groups is 1. The van der Waals surface area contributed by atoms with E-state index in [0.717, 1.165) is 0 Å². The average molecular weight is 320 g/mol. The van der Waals surface area contributed by atoms with Crippen LogP contribution in [-0.2, 0) is 10.0 Å². The lowest BCUT2D eigenvalue weighted by atomic mass is 9.65. The fourth-order valence-corrected chi connectivity index (χ4v) is 3.93. The van der Waals surface area contributed by atoms with Crippen molar-refractivity contribution in [2.45, 2.75) is 37.3 Å². The van der Waals surface area contributed by atoms with Crippen molar-refractivity contribution in [1.82, 2.24) is 4.72 Å². The Morgan fingerprint density at radius 1 is 1.45 bits per heavy atom. The molecule has 5 nitrogen and oxygen atoms in total. The molecule has 1 aromatic rings. The molecule has 0 radical (unpaired) electrons. The van der Waals surface area contributed by atoms with Crippen LogP contribution in [0.4, 0.5) is 0 Å². The van der Waals surface area contributed by atoms with Crippen LogP contribution in [-0.4, -0.2) is 32.8 Å². The van der Waals surface area contributed by atoms with Gasteiger partial charge in [0.1, 0.15) is 10.6 Å². The highest BCUT2D eigenvalue weighted by Gasteiger charge is 2.49. The van der Waals surface area contributed by atoms with Crippen LogP contribution in [0.1, 0.15) is 20.3 Å². The van der Waals surface area contributed by atoms with Crippen molar-refractivity contribution in [2.75, 3.05) is 7.11 Å². The highest BCUT2D eigenvalue weighted by Crippen LogP contribution is 2.41. The van der Waals surface area contributed by atoms with Gasteiger partial charge < -0.3 is 9.84 Å². The maximum Gasteiger partial charge on any atom is 0.244 e. The molecule has 7 heteroatoms. The minimum Gasteiger partial charge on any atom is -0.495 e. The molecule has 0 bridgehead atoms. The molecule has 112 valence electrons. The summed E-state index contributed by atoms with van der Waals surface area (Å²) >= 11 is 5.83. The van der Waals surface area contributed by atoms with Crippen molar-refractivity contribution < 1.29 is 18.3 Å². The molecule has 1 fully saturated rings. The Labute approximate surface area is 124 Å². The quantitative estimate of drug-likeness (QED) is 0.887. The zero-order valence-corrected chi connectivity index (χ0v) is 13.1. The van der Waals surface area contributed by atoms with Crippen LogP contribution in [0.25, 0.3) is 0 Å². The van der Waals surface area contributed by atoms with E-state index in [0.29, 0.717) is 11.4 Å². The third-order valence-electron chi connectivity index (χ3n) is 3.93. The first-order valence-corrected chi connectivity index (χ1v) is 8.08. The number of methoxy groups -OCH3 is 1. The summed E-state index contributed by atoms with van der Waals surface area (Å²) in [7, 11) is -2.33. The van der Waals surface area contributed by atoms with Gasteiger partial charge in [-0.1, -0.05) is 25.4 Å². The summed E-state index contributed by atoms with van der Waals surface area (Å²) in [6.45, 7) is 3.65. The third kappa shape index (κ3) is 2.65. The molecule has 0 saturated heterocycles. The number of hydrogen-bond donors (Lipinski definition) is 2. The molecule has 0 heterocycles. The molecule has 2 rings (SSSR count). The third-order valence-corrected chi connectivity index (χ3v) is 5.67. The van der Waals surface area contributed by atoms with Crippen LogP contribution < -0.4 is 9.46 Å². The van der Waals surface area contributed by atoms with Crippen LogP contribution in [0.3, 0.4) is 0 Å². The summed E-state index contributed by atoms with van der Waals surface area (Å²) in [5, 5.41) is 10.1. The van der Waals surface area contributed by atoms with Crippen molar-refractivity contribution in [3.8, 4) is 5.75 Å². The molecule has 1 aliphatic rings. The van der Waals surface area contributed by atoms with E-state index in [4.69, 9.17) is 16.3 Å². The van der Waals surface area contributed by atoms with Crippen LogP contribution in [0.15, 0.2) is 23.1 Å². The molecule has 1 aromatic carbocycles. The molecule has 2 atom stereocenters. The van der Waals surface area contributed by atoms with E-state index in [2.05, 4.69) is 4.72 Å². The van der Waals surface area contributed by atoms with E-state index in [1.54, 1.807) is 0 Å². The second-order valence-corrected chi connectivity index (χ2v) is 7.66. The maximum absolute atomic E-state index is 12.4. The molecule has 1 aliphatic carbocycles. The van der Waals surface area contributed by atoms with Crippen LogP contribution in [0.5, 0.6) is 5.75 Å². The van der Waals surface area contributed by atoms with Gasteiger partial charge in [-0.25, -0.2) is 13.1 Å². The molecular weight excluding hydrogens is 302 g/mol. The van der Waals surface area contributed by atoms with Gasteiger partial charge in [-0.2, -0.15) is 0 Å². The first-order chi connectivity index (χ1) is 9.18. The molecule has 20 heavy (non-hydrogen) atoms. The van der Waals surface area contributed by atoms with Gasteiger partial charge in [0.15, 0.2) is 0 Å². The number of aliphatic hydroxyl groups excluding tert-OH is 1. The van der Waals surface area contributed by atoms with Crippen LogP contribution in [0, 0.1) is 5.41 Å². The Morgan fingerprint density at radius 2 is 2.10 bits per heavy atom. The van der Waals surface area contributed by atoms with E-state index < -0.39 is 21.5 Å². The lowest BCUT2D eigenvalue weighted by Crippen LogP contribution is -2.61. The van der Waals surface area contributed by atoms with Crippen LogP contribution in [0.2, 0.25) is 5.02 Å². The minimum absolute atomic E-state index is 0.0431. The van der Waals surface area contributed by atoms with Crippen molar-refractivity contribution >= 4 is 21.6 Å². The van der Waals surface area contributed by atoms with Gasteiger partial charge in [-0.3, -0.25) is 0 Å². The van der Waals surface area contributed by atoms with Gasteiger partial charge >= 0.3 is 0 Å². The Balaban J connectivity index is 2.28. The summed E-state index contributed by atoms with van der Waals surface area (Å²) in [6.07, 6.45) is -0.0930. The molecule has 0 aromatic heterocycles. The van der Waals surface area contributed by atoms with Gasteiger partial charge in [-0.05, 0) is 18.6 Å². The Kier molecular flexibility index (Phi) is 4.03. The van der Waals surface area contributed by atoms with Crippen molar-refractivity contribution in [3.05, 3.63) is 23.2 Å². The fourth-order valence-electron chi connectivity index (χ4n) is 2.22. The van der Waals surface area contributed by atoms with Gasteiger partial charge in [-0.15, -0.1) is 0 Å². The molecule has 1 saturated carbocycles. The van der Waals surface area contributed by atoms with E-state index >= 15 is 0 Å². The highest BCUT2D eigenvalue weighted by molar-refractivity contribution is 7.89. The zero-order valence-electron chi connectivity index (χ0n) is 11.6. The fraction of sp³-hybridized carbons (Fsp3) is 0.538. The zero-order chi connectivity index (χ0) is 15.1. The summed E-state index contributed by atoms with van der Waals surface area (Å²) in [4.78, 5) is 0.0431. The number of rotatable bonds is 4. The van der Waals surface area contributed by atoms with Gasteiger partial charge in [0, 0.05) is 22.5 Å². The highest BCUT2D eigenvalue weighted by atomic mass is 35.5. The monoisotopic (exact) mass is 319 g/mol. The summed E-state index contributed by atoms with van der Waals surface area (Å²) < 4.78 is 32.5. The number of sulfonamides is 1. The Morgan fingerprint density at radius 3 is 2.60 bits per heavy atom. The van der Waals surface area contributed by atoms with Crippen molar-refractivity contribution in [2.24, 2.45) is 5.41 Å². The molecule has 2 N–H and O–H groups in total. The number of ether oxygens (including phenoxy) is 1. The first-order valence-electron chi connectivity index (χ1n) is 6.22. The standard InChI is InChI=1S/C13H18ClNO4S/c1-13(2)11(7-12(13)16)15-20(17,18)10-5-4-8(14)6-9(10)19-3/h4-6,11-12,15-16H,7H2,1-3H3. The molecule has 0 spiro atoms. The van der Waals surface area contributed by atoms with E-state index in [1.807, 2.05) is 13.8 Å². The summed E-state index contributed by atoms with van der Waals surface area (Å²) in [5.74, 6) is 0.197. The predicted molar refractivity (Wildman–Crippen MR) is 76.5 cm³/mol. The predicted octanol–water partition coefficient (Wildman–Crippen LogP) is 1.79. The van der Waals surface area contributed by atoms with E-state index in [-0.39, 0.29) is 16.7 Å². The van der Waals surface area contributed by atoms with E-state index in [9.17, 15) is 13.5 Å². The summed E-state index contributed by atoms with van der Waals surface area (Å²) in [6, 6.07) is 4.06. The molecule has 0 amide bonds. The molecule has 2 unspecified atom stereocenters. The average Bonchev–Trinajstić information content (AvgIpc) is 2.37. The summed E-state index contributed by atoms with van der Waals surface area (Å²) in [5.41, 5.74) is -0.479. The largest absolute Gasteiger partial charge is 0.495 e. The lowest BCUT2D eigenvalue weighted by Gasteiger charge is -2.49. The van der Waals surface area contributed by atoms with Gasteiger partial charge in [0.2, 0.25) is 10.0 Å².